The summed E-state index contributed by atoms with van der Waals surface area (Å²) in [5, 5.41) is 12.1. The largest absolute Gasteiger partial charge is 0.497 e. The molecule has 2 heterocycles. The zero-order valence-electron chi connectivity index (χ0n) is 15.7. The number of amides is 1. The number of aromatic amines is 2. The molecule has 3 aromatic rings. The predicted octanol–water partition coefficient (Wildman–Crippen LogP) is 2.42. The van der Waals surface area contributed by atoms with Gasteiger partial charge in [-0.25, -0.2) is 9.59 Å². The van der Waals surface area contributed by atoms with Gasteiger partial charge in [0.25, 0.3) is 5.91 Å². The minimum Gasteiger partial charge on any atom is -0.497 e. The van der Waals surface area contributed by atoms with E-state index in [0.717, 1.165) is 31.6 Å². The van der Waals surface area contributed by atoms with Gasteiger partial charge in [-0.2, -0.15) is 0 Å². The standard InChI is InChI=1S/C20H20N4O5/c1-29-13-7-11(6-12(8-13)19(26)27)18(25)21-16-9-14-15(23-20(28)22-14)10-17(16)24-4-2-3-5-24/h6-10H,2-5H2,1H3,(H,21,25)(H,26,27)(H2,22,23,28). The van der Waals surface area contributed by atoms with E-state index in [0.29, 0.717) is 16.7 Å². The molecule has 1 saturated heterocycles. The van der Waals surface area contributed by atoms with Crippen LogP contribution in [0, 0.1) is 0 Å². The van der Waals surface area contributed by atoms with Crippen LogP contribution in [0.25, 0.3) is 11.0 Å². The number of hydrogen-bond acceptors (Lipinski definition) is 5. The first-order valence-corrected chi connectivity index (χ1v) is 9.19. The van der Waals surface area contributed by atoms with Crippen molar-refractivity contribution in [3.05, 3.63) is 51.9 Å². The lowest BCUT2D eigenvalue weighted by molar-refractivity contribution is 0.0696. The van der Waals surface area contributed by atoms with E-state index < -0.39 is 11.9 Å². The van der Waals surface area contributed by atoms with Crippen LogP contribution >= 0.6 is 0 Å². The number of H-pyrrole nitrogens is 2. The monoisotopic (exact) mass is 396 g/mol. The van der Waals surface area contributed by atoms with Crippen molar-refractivity contribution >= 4 is 34.3 Å². The molecule has 4 N–H and O–H groups in total. The molecule has 150 valence electrons. The summed E-state index contributed by atoms with van der Waals surface area (Å²) in [5.74, 6) is -1.34. The average Bonchev–Trinajstić information content (AvgIpc) is 3.35. The van der Waals surface area contributed by atoms with Crippen LogP contribution in [0.1, 0.15) is 33.6 Å². The van der Waals surface area contributed by atoms with Crippen molar-refractivity contribution in [3.8, 4) is 5.75 Å². The third-order valence-corrected chi connectivity index (χ3v) is 4.98. The number of nitrogens with one attached hydrogen (secondary N) is 3. The summed E-state index contributed by atoms with van der Waals surface area (Å²) >= 11 is 0. The molecule has 0 bridgehead atoms. The van der Waals surface area contributed by atoms with Gasteiger partial charge in [0.15, 0.2) is 0 Å². The Morgan fingerprint density at radius 3 is 2.34 bits per heavy atom. The number of aromatic nitrogens is 2. The quantitative estimate of drug-likeness (QED) is 0.524. The van der Waals surface area contributed by atoms with Crippen LogP contribution in [-0.4, -0.2) is 47.2 Å². The number of aromatic carboxylic acids is 1. The lowest BCUT2D eigenvalue weighted by atomic mass is 10.1. The molecule has 9 nitrogen and oxygen atoms in total. The molecule has 1 aliphatic rings. The number of methoxy groups -OCH3 is 1. The molecule has 0 atom stereocenters. The lowest BCUT2D eigenvalue weighted by Gasteiger charge is -2.22. The summed E-state index contributed by atoms with van der Waals surface area (Å²) in [7, 11) is 1.41. The molecule has 0 unspecified atom stereocenters. The Hall–Kier alpha value is -3.75. The molecule has 9 heteroatoms. The van der Waals surface area contributed by atoms with Crippen LogP contribution in [0.15, 0.2) is 35.1 Å². The van der Waals surface area contributed by atoms with Gasteiger partial charge in [-0.15, -0.1) is 0 Å². The summed E-state index contributed by atoms with van der Waals surface area (Å²) in [4.78, 5) is 43.5. The van der Waals surface area contributed by atoms with Gasteiger partial charge < -0.3 is 30.0 Å². The summed E-state index contributed by atoms with van der Waals surface area (Å²) in [6.45, 7) is 1.71. The van der Waals surface area contributed by atoms with Gasteiger partial charge >= 0.3 is 11.7 Å². The fourth-order valence-corrected chi connectivity index (χ4v) is 3.56. The van der Waals surface area contributed by atoms with Crippen molar-refractivity contribution in [2.45, 2.75) is 12.8 Å². The maximum atomic E-state index is 12.9. The van der Waals surface area contributed by atoms with Gasteiger partial charge in [0.05, 0.1) is 35.1 Å². The lowest BCUT2D eigenvalue weighted by Crippen LogP contribution is -2.21. The first-order valence-electron chi connectivity index (χ1n) is 9.19. The van der Waals surface area contributed by atoms with E-state index in [2.05, 4.69) is 20.2 Å². The van der Waals surface area contributed by atoms with E-state index in [9.17, 15) is 19.5 Å². The third-order valence-electron chi connectivity index (χ3n) is 4.98. The molecule has 4 rings (SSSR count). The molecule has 0 aliphatic carbocycles. The normalized spacial score (nSPS) is 13.6. The molecule has 0 saturated carbocycles. The number of carboxylic acid groups (broad SMARTS) is 1. The molecular weight excluding hydrogens is 376 g/mol. The van der Waals surface area contributed by atoms with Crippen molar-refractivity contribution in [2.75, 3.05) is 30.4 Å². The van der Waals surface area contributed by atoms with E-state index in [-0.39, 0.29) is 22.6 Å². The summed E-state index contributed by atoms with van der Waals surface area (Å²) < 4.78 is 5.12. The van der Waals surface area contributed by atoms with E-state index in [1.54, 1.807) is 6.07 Å². The molecule has 2 aromatic carbocycles. The minimum absolute atomic E-state index is 0.0420. The average molecular weight is 396 g/mol. The highest BCUT2D eigenvalue weighted by Gasteiger charge is 2.20. The number of anilines is 2. The number of carbonyl (C=O) groups is 2. The second-order valence-corrected chi connectivity index (χ2v) is 6.90. The number of carboxylic acids is 1. The summed E-state index contributed by atoms with van der Waals surface area (Å²) in [5.41, 5.74) is 2.38. The number of carbonyl (C=O) groups excluding carboxylic acids is 1. The molecule has 1 amide bonds. The van der Waals surface area contributed by atoms with Gasteiger partial charge in [0.1, 0.15) is 5.75 Å². The van der Waals surface area contributed by atoms with E-state index in [4.69, 9.17) is 4.74 Å². The third kappa shape index (κ3) is 3.66. The number of rotatable bonds is 5. The number of benzene rings is 2. The van der Waals surface area contributed by atoms with Crippen LogP contribution in [0.5, 0.6) is 5.75 Å². The fourth-order valence-electron chi connectivity index (χ4n) is 3.56. The van der Waals surface area contributed by atoms with Crippen molar-refractivity contribution in [1.82, 2.24) is 9.97 Å². The number of imidazole rings is 1. The number of hydrogen-bond donors (Lipinski definition) is 4. The Morgan fingerprint density at radius 2 is 1.69 bits per heavy atom. The molecular formula is C20H20N4O5. The van der Waals surface area contributed by atoms with Crippen LogP contribution in [0.2, 0.25) is 0 Å². The first kappa shape index (κ1) is 18.6. The topological polar surface area (TPSA) is 128 Å². The Balaban J connectivity index is 1.74. The second-order valence-electron chi connectivity index (χ2n) is 6.90. The highest BCUT2D eigenvalue weighted by Crippen LogP contribution is 2.32. The number of ether oxygens (including phenoxy) is 1. The van der Waals surface area contributed by atoms with Crippen LogP contribution in [-0.2, 0) is 0 Å². The molecule has 0 spiro atoms. The highest BCUT2D eigenvalue weighted by molar-refractivity contribution is 6.08. The maximum Gasteiger partial charge on any atom is 0.335 e. The first-order chi connectivity index (χ1) is 13.9. The SMILES string of the molecule is COc1cc(C(=O)O)cc(C(=O)Nc2cc3[nH]c(=O)[nH]c3cc2N2CCCC2)c1. The van der Waals surface area contributed by atoms with Gasteiger partial charge in [-0.05, 0) is 43.2 Å². The van der Waals surface area contributed by atoms with Crippen molar-refractivity contribution in [1.29, 1.82) is 0 Å². The van der Waals surface area contributed by atoms with Crippen LogP contribution in [0.4, 0.5) is 11.4 Å². The van der Waals surface area contributed by atoms with Crippen molar-refractivity contribution in [2.24, 2.45) is 0 Å². The van der Waals surface area contributed by atoms with E-state index >= 15 is 0 Å². The molecule has 0 radical (unpaired) electrons. The van der Waals surface area contributed by atoms with Crippen molar-refractivity contribution in [3.63, 3.8) is 0 Å². The summed E-state index contributed by atoms with van der Waals surface area (Å²) in [6.07, 6.45) is 2.10. The van der Waals surface area contributed by atoms with Crippen molar-refractivity contribution < 1.29 is 19.4 Å². The molecule has 1 fully saturated rings. The van der Waals surface area contributed by atoms with Gasteiger partial charge in [0, 0.05) is 18.7 Å². The Labute approximate surface area is 165 Å². The van der Waals surface area contributed by atoms with Gasteiger partial charge in [-0.3, -0.25) is 4.79 Å². The molecule has 29 heavy (non-hydrogen) atoms. The zero-order chi connectivity index (χ0) is 20.5. The Kier molecular flexibility index (Phi) is 4.71. The molecule has 1 aliphatic heterocycles. The fraction of sp³-hybridized carbons (Fsp3) is 0.250. The van der Waals surface area contributed by atoms with Crippen LogP contribution in [0.3, 0.4) is 0 Å². The number of fused-ring (bicyclic) bond motifs is 1. The van der Waals surface area contributed by atoms with Gasteiger partial charge in [0.2, 0.25) is 0 Å². The van der Waals surface area contributed by atoms with E-state index in [1.807, 2.05) is 6.07 Å². The smallest absolute Gasteiger partial charge is 0.335 e. The maximum absolute atomic E-state index is 12.9. The Morgan fingerprint density at radius 1 is 1.03 bits per heavy atom. The predicted molar refractivity (Wildman–Crippen MR) is 108 cm³/mol. The highest BCUT2D eigenvalue weighted by atomic mass is 16.5. The Bertz CT molecular complexity index is 1160. The van der Waals surface area contributed by atoms with Crippen LogP contribution < -0.4 is 20.6 Å². The molecule has 1 aromatic heterocycles. The number of nitrogens with zero attached hydrogens (tertiary/aromatic N) is 1. The zero-order valence-corrected chi connectivity index (χ0v) is 15.7. The summed E-state index contributed by atoms with van der Waals surface area (Å²) in [6, 6.07) is 7.67. The van der Waals surface area contributed by atoms with E-state index in [1.165, 1.54) is 25.3 Å². The minimum atomic E-state index is -1.15. The van der Waals surface area contributed by atoms with Gasteiger partial charge in [-0.1, -0.05) is 0 Å². The second kappa shape index (κ2) is 7.34.